The number of aromatic nitrogens is 4. The summed E-state index contributed by atoms with van der Waals surface area (Å²) in [4.78, 5) is 13.6. The molecule has 37 heavy (non-hydrogen) atoms. The number of nitrogens with one attached hydrogen (secondary N) is 2. The van der Waals surface area contributed by atoms with E-state index in [9.17, 15) is 4.79 Å². The fraction of sp³-hybridized carbons (Fsp3) is 0.185. The third kappa shape index (κ3) is 4.99. The van der Waals surface area contributed by atoms with E-state index in [1.54, 1.807) is 11.8 Å². The lowest BCUT2D eigenvalue weighted by Gasteiger charge is -2.28. The molecule has 1 aliphatic rings. The van der Waals surface area contributed by atoms with Crippen LogP contribution in [0.25, 0.3) is 0 Å². The Kier molecular flexibility index (Phi) is 6.78. The molecule has 0 saturated carbocycles. The van der Waals surface area contributed by atoms with E-state index in [1.165, 1.54) is 0 Å². The highest BCUT2D eigenvalue weighted by Gasteiger charge is 2.34. The number of halogens is 1. The van der Waals surface area contributed by atoms with E-state index in [-0.39, 0.29) is 5.91 Å². The topological polar surface area (TPSA) is 103 Å². The zero-order valence-corrected chi connectivity index (χ0v) is 21.3. The number of allylic oxidation sites excluding steroid dienone is 1. The van der Waals surface area contributed by atoms with E-state index in [2.05, 4.69) is 26.2 Å². The van der Waals surface area contributed by atoms with Gasteiger partial charge in [0.05, 0.1) is 12.7 Å². The molecule has 2 heterocycles. The summed E-state index contributed by atoms with van der Waals surface area (Å²) >= 11 is 5.98. The minimum atomic E-state index is -0.588. The van der Waals surface area contributed by atoms with Crippen LogP contribution in [-0.4, -0.2) is 33.2 Å². The molecule has 5 rings (SSSR count). The molecule has 10 heteroatoms. The van der Waals surface area contributed by atoms with E-state index >= 15 is 0 Å². The Balaban J connectivity index is 1.47. The number of amides is 1. The minimum absolute atomic E-state index is 0.257. The highest BCUT2D eigenvalue weighted by Crippen LogP contribution is 2.39. The smallest absolute Gasteiger partial charge is 0.255 e. The quantitative estimate of drug-likeness (QED) is 0.350. The van der Waals surface area contributed by atoms with Crippen molar-refractivity contribution in [1.29, 1.82) is 0 Å². The predicted octanol–water partition coefficient (Wildman–Crippen LogP) is 5.15. The Bertz CT molecular complexity index is 1480. The Morgan fingerprint density at radius 2 is 1.86 bits per heavy atom. The van der Waals surface area contributed by atoms with Crippen molar-refractivity contribution >= 4 is 29.1 Å². The molecule has 188 valence electrons. The lowest BCUT2D eigenvalue weighted by Crippen LogP contribution is -2.31. The van der Waals surface area contributed by atoms with Gasteiger partial charge in [-0.3, -0.25) is 4.79 Å². The Morgan fingerprint density at radius 3 is 2.62 bits per heavy atom. The molecule has 1 aromatic heterocycles. The molecule has 4 aromatic rings. The number of methoxy groups -OCH3 is 1. The monoisotopic (exact) mass is 516 g/mol. The number of aryl methyl sites for hydroxylation is 1. The van der Waals surface area contributed by atoms with E-state index in [0.717, 1.165) is 22.4 Å². The lowest BCUT2D eigenvalue weighted by molar-refractivity contribution is -0.113. The van der Waals surface area contributed by atoms with Gasteiger partial charge in [-0.05, 0) is 71.3 Å². The SMILES string of the molecule is COc1cc(C2C(C(=O)Nc3ccccc3C)=C(C)Nc3nnnn32)ccc1OCc1ccc(Cl)cc1. The molecule has 0 aliphatic carbocycles. The summed E-state index contributed by atoms with van der Waals surface area (Å²) < 4.78 is 13.3. The van der Waals surface area contributed by atoms with Gasteiger partial charge in [-0.2, -0.15) is 4.68 Å². The van der Waals surface area contributed by atoms with Crippen molar-refractivity contribution in [1.82, 2.24) is 20.2 Å². The van der Waals surface area contributed by atoms with Crippen LogP contribution in [0.4, 0.5) is 11.6 Å². The summed E-state index contributed by atoms with van der Waals surface area (Å²) in [6, 6.07) is 20.0. The number of carbonyl (C=O) groups is 1. The average Bonchev–Trinajstić information content (AvgIpc) is 3.37. The zero-order chi connectivity index (χ0) is 25.9. The molecule has 3 aromatic carbocycles. The molecule has 0 fully saturated rings. The predicted molar refractivity (Wildman–Crippen MR) is 141 cm³/mol. The fourth-order valence-electron chi connectivity index (χ4n) is 4.23. The van der Waals surface area contributed by atoms with Gasteiger partial charge in [-0.15, -0.1) is 0 Å². The van der Waals surface area contributed by atoms with Crippen molar-refractivity contribution < 1.29 is 14.3 Å². The highest BCUT2D eigenvalue weighted by atomic mass is 35.5. The Hall–Kier alpha value is -4.37. The second-order valence-corrected chi connectivity index (χ2v) is 9.04. The maximum atomic E-state index is 13.6. The number of ether oxygens (including phenoxy) is 2. The molecule has 1 atom stereocenters. The summed E-state index contributed by atoms with van der Waals surface area (Å²) in [6.07, 6.45) is 0. The number of rotatable bonds is 7. The molecule has 9 nitrogen and oxygen atoms in total. The molecular weight excluding hydrogens is 492 g/mol. The van der Waals surface area contributed by atoms with Crippen LogP contribution in [-0.2, 0) is 11.4 Å². The number of para-hydroxylation sites is 1. The van der Waals surface area contributed by atoms with Gasteiger partial charge in [-0.25, -0.2) is 0 Å². The van der Waals surface area contributed by atoms with Gasteiger partial charge in [0.2, 0.25) is 5.95 Å². The first kappa shape index (κ1) is 24.3. The van der Waals surface area contributed by atoms with Gasteiger partial charge in [0, 0.05) is 16.4 Å². The van der Waals surface area contributed by atoms with Crippen molar-refractivity contribution in [3.8, 4) is 11.5 Å². The van der Waals surface area contributed by atoms with Crippen molar-refractivity contribution in [2.45, 2.75) is 26.5 Å². The number of tetrazole rings is 1. The molecular formula is C27H25ClN6O3. The average molecular weight is 517 g/mol. The number of carbonyl (C=O) groups excluding carboxylic acids is 1. The van der Waals surface area contributed by atoms with Crippen LogP contribution in [0.3, 0.4) is 0 Å². The van der Waals surface area contributed by atoms with Crippen LogP contribution in [0.15, 0.2) is 78.0 Å². The van der Waals surface area contributed by atoms with Crippen molar-refractivity contribution in [2.75, 3.05) is 17.7 Å². The maximum absolute atomic E-state index is 13.6. The molecule has 0 radical (unpaired) electrons. The number of anilines is 2. The summed E-state index contributed by atoms with van der Waals surface area (Å²) in [6.45, 7) is 4.12. The van der Waals surface area contributed by atoms with Gasteiger partial charge in [-0.1, -0.05) is 53.1 Å². The zero-order valence-electron chi connectivity index (χ0n) is 20.5. The summed E-state index contributed by atoms with van der Waals surface area (Å²) in [5.41, 5.74) is 4.57. The van der Waals surface area contributed by atoms with E-state index in [0.29, 0.717) is 40.3 Å². The van der Waals surface area contributed by atoms with Gasteiger partial charge in [0.25, 0.3) is 5.91 Å². The first-order valence-corrected chi connectivity index (χ1v) is 12.0. The number of benzene rings is 3. The summed E-state index contributed by atoms with van der Waals surface area (Å²) in [5, 5.41) is 18.9. The third-order valence-electron chi connectivity index (χ3n) is 6.16. The summed E-state index contributed by atoms with van der Waals surface area (Å²) in [7, 11) is 1.58. The second-order valence-electron chi connectivity index (χ2n) is 8.61. The molecule has 0 spiro atoms. The highest BCUT2D eigenvalue weighted by molar-refractivity contribution is 6.30. The van der Waals surface area contributed by atoms with Crippen molar-refractivity contribution in [3.63, 3.8) is 0 Å². The molecule has 0 saturated heterocycles. The van der Waals surface area contributed by atoms with Crippen LogP contribution in [0.5, 0.6) is 11.5 Å². The van der Waals surface area contributed by atoms with Crippen LogP contribution in [0.1, 0.15) is 29.7 Å². The van der Waals surface area contributed by atoms with Crippen molar-refractivity contribution in [2.24, 2.45) is 0 Å². The number of hydrogen-bond donors (Lipinski definition) is 2. The molecule has 1 aliphatic heterocycles. The first-order chi connectivity index (χ1) is 17.9. The Labute approximate surface area is 219 Å². The van der Waals surface area contributed by atoms with Crippen LogP contribution in [0.2, 0.25) is 5.02 Å². The molecule has 1 amide bonds. The van der Waals surface area contributed by atoms with Crippen LogP contribution < -0.4 is 20.1 Å². The van der Waals surface area contributed by atoms with Gasteiger partial charge < -0.3 is 20.1 Å². The number of nitrogens with zero attached hydrogens (tertiary/aromatic N) is 4. The fourth-order valence-corrected chi connectivity index (χ4v) is 4.36. The summed E-state index contributed by atoms with van der Waals surface area (Å²) in [5.74, 6) is 1.28. The normalized spacial score (nSPS) is 14.5. The largest absolute Gasteiger partial charge is 0.493 e. The maximum Gasteiger partial charge on any atom is 0.255 e. The molecule has 2 N–H and O–H groups in total. The number of hydrogen-bond acceptors (Lipinski definition) is 7. The van der Waals surface area contributed by atoms with E-state index < -0.39 is 6.04 Å². The van der Waals surface area contributed by atoms with Crippen LogP contribution in [0, 0.1) is 6.92 Å². The van der Waals surface area contributed by atoms with E-state index in [4.69, 9.17) is 21.1 Å². The first-order valence-electron chi connectivity index (χ1n) is 11.6. The van der Waals surface area contributed by atoms with Gasteiger partial charge >= 0.3 is 0 Å². The number of fused-ring (bicyclic) bond motifs is 1. The molecule has 1 unspecified atom stereocenters. The Morgan fingerprint density at radius 1 is 1.08 bits per heavy atom. The second kappa shape index (κ2) is 10.3. The van der Waals surface area contributed by atoms with Crippen LogP contribution >= 0.6 is 11.6 Å². The van der Waals surface area contributed by atoms with Crippen molar-refractivity contribution in [3.05, 3.63) is 99.7 Å². The standard InChI is InChI=1S/C27H25ClN6O3/c1-16-6-4-5-7-21(16)30-26(35)24-17(2)29-27-31-32-33-34(27)25(24)19-10-13-22(23(14-19)36-3)37-15-18-8-11-20(28)12-9-18/h4-14,25H,15H2,1-3H3,(H,30,35)(H,29,31,33). The van der Waals surface area contributed by atoms with Gasteiger partial charge in [0.1, 0.15) is 12.6 Å². The third-order valence-corrected chi connectivity index (χ3v) is 6.42. The van der Waals surface area contributed by atoms with E-state index in [1.807, 2.05) is 80.6 Å². The van der Waals surface area contributed by atoms with Gasteiger partial charge in [0.15, 0.2) is 11.5 Å². The lowest BCUT2D eigenvalue weighted by atomic mass is 9.94. The molecule has 0 bridgehead atoms. The minimum Gasteiger partial charge on any atom is -0.493 e.